The van der Waals surface area contributed by atoms with Gasteiger partial charge in [-0.3, -0.25) is 0 Å². The number of allylic oxidation sites excluding steroid dienone is 1. The largest absolute Gasteiger partial charge is 0.341 e. The van der Waals surface area contributed by atoms with Gasteiger partial charge < -0.3 is 4.90 Å². The molecule has 0 bridgehead atoms. The predicted octanol–water partition coefficient (Wildman–Crippen LogP) is 7.77. The van der Waals surface area contributed by atoms with Crippen LogP contribution in [0.15, 0.2) is 55.6 Å². The molecule has 0 aromatic heterocycles. The van der Waals surface area contributed by atoms with Crippen molar-refractivity contribution in [1.82, 2.24) is 4.90 Å². The van der Waals surface area contributed by atoms with E-state index >= 15 is 0 Å². The third-order valence-corrected chi connectivity index (χ3v) is 5.07. The summed E-state index contributed by atoms with van der Waals surface area (Å²) < 4.78 is 0. The zero-order chi connectivity index (χ0) is 21.8. The van der Waals surface area contributed by atoms with Crippen molar-refractivity contribution in [1.29, 1.82) is 5.26 Å². The summed E-state index contributed by atoms with van der Waals surface area (Å²) in [5.74, 6) is 0. The van der Waals surface area contributed by atoms with Crippen LogP contribution in [0.4, 0.5) is 0 Å². The predicted molar refractivity (Wildman–Crippen MR) is 127 cm³/mol. The molecule has 3 rings (SSSR count). The Morgan fingerprint density at radius 1 is 1.07 bits per heavy atom. The third kappa shape index (κ3) is 4.98. The second kappa shape index (κ2) is 9.14. The number of hydrogen-bond donors (Lipinski definition) is 0. The highest BCUT2D eigenvalue weighted by Crippen LogP contribution is 2.41. The number of benzene rings is 2. The maximum atomic E-state index is 9.38. The Hall–Kier alpha value is -2.79. The lowest BCUT2D eigenvalue weighted by Crippen LogP contribution is -2.24. The average Bonchev–Trinajstić information content (AvgIpc) is 2.68. The molecule has 1 aliphatic heterocycles. The Bertz CT molecular complexity index is 980. The highest BCUT2D eigenvalue weighted by atomic mass is 15.2. The Kier molecular flexibility index (Phi) is 7.09. The van der Waals surface area contributed by atoms with E-state index in [-0.39, 0.29) is 5.41 Å². The Balaban J connectivity index is 0.00000145. The molecule has 2 aromatic carbocycles. The molecule has 0 saturated heterocycles. The van der Waals surface area contributed by atoms with E-state index in [1.54, 1.807) is 0 Å². The normalized spacial score (nSPS) is 13.0. The van der Waals surface area contributed by atoms with E-state index in [0.717, 1.165) is 59.1 Å². The first kappa shape index (κ1) is 22.5. The Morgan fingerprint density at radius 3 is 2.34 bits per heavy atom. The molecule has 29 heavy (non-hydrogen) atoms. The second-order valence-electron chi connectivity index (χ2n) is 8.68. The van der Waals surface area contributed by atoms with Gasteiger partial charge in [0.1, 0.15) is 0 Å². The van der Waals surface area contributed by atoms with Gasteiger partial charge in [-0.05, 0) is 42.2 Å². The second-order valence-corrected chi connectivity index (χ2v) is 8.68. The van der Waals surface area contributed by atoms with E-state index in [9.17, 15) is 5.26 Å². The molecule has 0 amide bonds. The fourth-order valence-corrected chi connectivity index (χ4v) is 4.01. The van der Waals surface area contributed by atoms with Gasteiger partial charge in [-0.1, -0.05) is 78.1 Å². The molecule has 0 unspecified atom stereocenters. The van der Waals surface area contributed by atoms with E-state index in [1.165, 1.54) is 5.57 Å². The minimum absolute atomic E-state index is 0.275. The molecular weight excluding hydrogens is 352 g/mol. The van der Waals surface area contributed by atoms with E-state index in [4.69, 9.17) is 0 Å². The molecule has 0 aliphatic carbocycles. The summed E-state index contributed by atoms with van der Waals surface area (Å²) in [5.41, 5.74) is 6.34. The molecular formula is C27H34N2. The zero-order valence-electron chi connectivity index (χ0n) is 18.7. The zero-order valence-corrected chi connectivity index (χ0v) is 18.7. The smallest absolute Gasteiger partial charge is 0.0992 e. The summed E-state index contributed by atoms with van der Waals surface area (Å²) in [4.78, 5) is 2.20. The third-order valence-electron chi connectivity index (χ3n) is 5.07. The van der Waals surface area contributed by atoms with Crippen LogP contribution in [-0.4, -0.2) is 11.4 Å². The fourth-order valence-electron chi connectivity index (χ4n) is 4.01. The molecule has 2 aromatic rings. The maximum Gasteiger partial charge on any atom is 0.0992 e. The number of nitrogens with zero attached hydrogens (tertiary/aromatic N) is 2. The minimum atomic E-state index is 0.275. The minimum Gasteiger partial charge on any atom is -0.341 e. The molecule has 0 radical (unpaired) electrons. The van der Waals surface area contributed by atoms with Crippen LogP contribution < -0.4 is 0 Å². The molecule has 2 heteroatoms. The molecule has 1 aliphatic rings. The SMILES string of the molecule is C=C(CCCN1C(=C)c2cccc3cc(C#N)cc(c23)C1=C)CC(C)(C)C.CC. The van der Waals surface area contributed by atoms with Crippen LogP contribution in [0, 0.1) is 16.7 Å². The molecule has 152 valence electrons. The van der Waals surface area contributed by atoms with Crippen molar-refractivity contribution in [2.45, 2.75) is 53.9 Å². The lowest BCUT2D eigenvalue weighted by Gasteiger charge is -2.35. The molecule has 0 spiro atoms. The van der Waals surface area contributed by atoms with Crippen LogP contribution in [0.2, 0.25) is 0 Å². The summed E-state index contributed by atoms with van der Waals surface area (Å²) in [6.45, 7) is 24.5. The van der Waals surface area contributed by atoms with Gasteiger partial charge in [-0.15, -0.1) is 0 Å². The van der Waals surface area contributed by atoms with Gasteiger partial charge in [0.15, 0.2) is 0 Å². The molecule has 0 fully saturated rings. The van der Waals surface area contributed by atoms with Crippen LogP contribution in [-0.2, 0) is 0 Å². The van der Waals surface area contributed by atoms with Crippen LogP contribution in [0.3, 0.4) is 0 Å². The lowest BCUT2D eigenvalue weighted by molar-refractivity contribution is 0.401. The summed E-state index contributed by atoms with van der Waals surface area (Å²) >= 11 is 0. The van der Waals surface area contributed by atoms with Crippen LogP contribution >= 0.6 is 0 Å². The van der Waals surface area contributed by atoms with Crippen molar-refractivity contribution in [3.63, 3.8) is 0 Å². The molecule has 0 saturated carbocycles. The summed E-state index contributed by atoms with van der Waals surface area (Å²) in [7, 11) is 0. The molecule has 0 atom stereocenters. The topological polar surface area (TPSA) is 27.0 Å². The van der Waals surface area contributed by atoms with Crippen LogP contribution in [0.25, 0.3) is 22.2 Å². The standard InChI is InChI=1S/C25H28N2.C2H6/c1-17(15-25(4,5)6)9-8-12-27-18(2)22-11-7-10-21-13-20(16-26)14-23(19(27)3)24(21)22;1-2/h7,10-11,13-14H,1-3,8-9,12,15H2,4-6H3;1-2H3. The first-order chi connectivity index (χ1) is 13.7. The van der Waals surface area contributed by atoms with Gasteiger partial charge in [-0.2, -0.15) is 5.26 Å². The van der Waals surface area contributed by atoms with Gasteiger partial charge >= 0.3 is 0 Å². The summed E-state index contributed by atoms with van der Waals surface area (Å²) in [6, 6.07) is 12.4. The van der Waals surface area contributed by atoms with Crippen molar-refractivity contribution in [3.05, 3.63) is 72.3 Å². The van der Waals surface area contributed by atoms with Gasteiger partial charge in [0.2, 0.25) is 0 Å². The van der Waals surface area contributed by atoms with E-state index in [2.05, 4.69) is 63.6 Å². The average molecular weight is 387 g/mol. The first-order valence-electron chi connectivity index (χ1n) is 10.5. The molecule has 2 nitrogen and oxygen atoms in total. The Labute approximate surface area is 176 Å². The molecule has 1 heterocycles. The number of nitriles is 1. The van der Waals surface area contributed by atoms with Gasteiger partial charge in [-0.25, -0.2) is 0 Å². The number of rotatable bonds is 5. The van der Waals surface area contributed by atoms with Gasteiger partial charge in [0, 0.05) is 34.5 Å². The lowest BCUT2D eigenvalue weighted by atomic mass is 9.87. The summed E-state index contributed by atoms with van der Waals surface area (Å²) in [6.07, 6.45) is 3.06. The van der Waals surface area contributed by atoms with Crippen molar-refractivity contribution < 1.29 is 0 Å². The monoisotopic (exact) mass is 386 g/mol. The highest BCUT2D eigenvalue weighted by Gasteiger charge is 2.25. The maximum absolute atomic E-state index is 9.38. The quantitative estimate of drug-likeness (QED) is 0.491. The van der Waals surface area contributed by atoms with Crippen LogP contribution in [0.5, 0.6) is 0 Å². The van der Waals surface area contributed by atoms with Crippen molar-refractivity contribution >= 4 is 22.2 Å². The van der Waals surface area contributed by atoms with E-state index in [1.807, 2.05) is 32.0 Å². The summed E-state index contributed by atoms with van der Waals surface area (Å²) in [5, 5.41) is 11.6. The number of hydrogen-bond acceptors (Lipinski definition) is 2. The van der Waals surface area contributed by atoms with E-state index in [0.29, 0.717) is 5.56 Å². The van der Waals surface area contributed by atoms with E-state index < -0.39 is 0 Å². The Morgan fingerprint density at radius 2 is 1.72 bits per heavy atom. The van der Waals surface area contributed by atoms with Crippen LogP contribution in [0.1, 0.15) is 70.6 Å². The van der Waals surface area contributed by atoms with Crippen molar-refractivity contribution in [2.75, 3.05) is 6.54 Å². The first-order valence-corrected chi connectivity index (χ1v) is 10.5. The molecule has 0 N–H and O–H groups in total. The highest BCUT2D eigenvalue weighted by molar-refractivity contribution is 6.05. The van der Waals surface area contributed by atoms with Gasteiger partial charge in [0.05, 0.1) is 11.6 Å². The van der Waals surface area contributed by atoms with Gasteiger partial charge in [0.25, 0.3) is 0 Å². The van der Waals surface area contributed by atoms with Crippen molar-refractivity contribution in [3.8, 4) is 6.07 Å². The fraction of sp³-hybridized carbons (Fsp3) is 0.370. The van der Waals surface area contributed by atoms with Crippen molar-refractivity contribution in [2.24, 2.45) is 5.41 Å².